The molecule has 1 aliphatic heterocycles. The molecule has 2 aromatic carbocycles. The number of benzene rings is 2. The Morgan fingerprint density at radius 2 is 1.47 bits per heavy atom. The summed E-state index contributed by atoms with van der Waals surface area (Å²) < 4.78 is 5.50. The van der Waals surface area contributed by atoms with E-state index in [2.05, 4.69) is 65.6 Å². The maximum atomic E-state index is 11.4. The van der Waals surface area contributed by atoms with Gasteiger partial charge in [0, 0.05) is 25.4 Å². The molecule has 0 atom stereocenters. The Morgan fingerprint density at radius 3 is 2.08 bits per heavy atom. The van der Waals surface area contributed by atoms with Crippen LogP contribution in [0.25, 0.3) is 17.7 Å². The molecule has 2 aliphatic carbocycles. The van der Waals surface area contributed by atoms with Crippen LogP contribution >= 0.6 is 0 Å². The van der Waals surface area contributed by atoms with Crippen molar-refractivity contribution in [3.8, 4) is 0 Å². The number of carbonyl (C=O) groups is 1. The van der Waals surface area contributed by atoms with Gasteiger partial charge in [-0.05, 0) is 72.9 Å². The Kier molecular flexibility index (Phi) is 8.06. The summed E-state index contributed by atoms with van der Waals surface area (Å²) in [7, 11) is 0. The maximum absolute atomic E-state index is 11.4. The van der Waals surface area contributed by atoms with Crippen LogP contribution in [0.2, 0.25) is 0 Å². The molecule has 0 radical (unpaired) electrons. The molecule has 0 N–H and O–H groups in total. The largest absolute Gasteiger partial charge is 0.465 e. The minimum absolute atomic E-state index is 0.132. The predicted octanol–water partition coefficient (Wildman–Crippen LogP) is 7.75. The van der Waals surface area contributed by atoms with Crippen LogP contribution in [0.15, 0.2) is 54.1 Å². The number of rotatable bonds is 7. The molecule has 5 rings (SSSR count). The Labute approximate surface area is 217 Å². The number of ether oxygens (including phenoxy) is 1. The highest BCUT2D eigenvalue weighted by Crippen LogP contribution is 2.41. The van der Waals surface area contributed by atoms with Gasteiger partial charge in [-0.1, -0.05) is 91.9 Å². The monoisotopic (exact) mass is 483 g/mol. The predicted molar refractivity (Wildman–Crippen MR) is 150 cm³/mol. The van der Waals surface area contributed by atoms with Gasteiger partial charge in [-0.2, -0.15) is 0 Å². The minimum Gasteiger partial charge on any atom is -0.465 e. The Balaban J connectivity index is 1.20. The molecule has 0 spiro atoms. The van der Waals surface area contributed by atoms with Crippen molar-refractivity contribution in [2.75, 3.05) is 26.2 Å². The summed E-state index contributed by atoms with van der Waals surface area (Å²) in [6.07, 6.45) is 16.9. The summed E-state index contributed by atoms with van der Waals surface area (Å²) in [5, 5.41) is 0. The lowest BCUT2D eigenvalue weighted by Gasteiger charge is -2.37. The summed E-state index contributed by atoms with van der Waals surface area (Å²) >= 11 is 0. The third-order valence-corrected chi connectivity index (χ3v) is 8.64. The first kappa shape index (κ1) is 25.0. The molecule has 1 saturated carbocycles. The van der Waals surface area contributed by atoms with Crippen molar-refractivity contribution in [3.63, 3.8) is 0 Å². The zero-order valence-electron chi connectivity index (χ0n) is 21.9. The van der Waals surface area contributed by atoms with Crippen LogP contribution in [-0.4, -0.2) is 37.1 Å². The van der Waals surface area contributed by atoms with Crippen molar-refractivity contribution in [2.24, 2.45) is 5.41 Å². The van der Waals surface area contributed by atoms with Gasteiger partial charge >= 0.3 is 5.97 Å². The fraction of sp³-hybridized carbons (Fsp3) is 0.485. The van der Waals surface area contributed by atoms with Crippen LogP contribution in [0.5, 0.6) is 0 Å². The van der Waals surface area contributed by atoms with Gasteiger partial charge in [0.25, 0.3) is 0 Å². The van der Waals surface area contributed by atoms with Crippen molar-refractivity contribution < 1.29 is 9.53 Å². The van der Waals surface area contributed by atoms with Gasteiger partial charge in [-0.3, -0.25) is 4.79 Å². The lowest BCUT2D eigenvalue weighted by atomic mass is 9.71. The van der Waals surface area contributed by atoms with E-state index >= 15 is 0 Å². The van der Waals surface area contributed by atoms with Crippen LogP contribution in [0.1, 0.15) is 93.4 Å². The van der Waals surface area contributed by atoms with E-state index in [0.29, 0.717) is 6.61 Å². The summed E-state index contributed by atoms with van der Waals surface area (Å²) in [4.78, 5) is 14.1. The zero-order valence-corrected chi connectivity index (χ0v) is 21.9. The van der Waals surface area contributed by atoms with Crippen LogP contribution < -0.4 is 0 Å². The van der Waals surface area contributed by atoms with Crippen molar-refractivity contribution in [1.29, 1.82) is 0 Å². The molecular formula is C33H41NO2. The molecule has 0 bridgehead atoms. The summed E-state index contributed by atoms with van der Waals surface area (Å²) in [6, 6.07) is 17.7. The second kappa shape index (κ2) is 11.6. The number of esters is 1. The Morgan fingerprint density at radius 1 is 0.861 bits per heavy atom. The fourth-order valence-electron chi connectivity index (χ4n) is 6.60. The number of hydrogen-bond acceptors (Lipinski definition) is 3. The molecule has 0 amide bonds. The van der Waals surface area contributed by atoms with Gasteiger partial charge in [0.1, 0.15) is 0 Å². The van der Waals surface area contributed by atoms with Crippen molar-refractivity contribution in [3.05, 3.63) is 76.4 Å². The molecule has 2 fully saturated rings. The van der Waals surface area contributed by atoms with Gasteiger partial charge < -0.3 is 9.64 Å². The van der Waals surface area contributed by atoms with E-state index in [4.69, 9.17) is 4.74 Å². The van der Waals surface area contributed by atoms with Crippen LogP contribution in [0, 0.1) is 5.41 Å². The summed E-state index contributed by atoms with van der Waals surface area (Å²) in [5.74, 6) is -0.132. The Hall–Kier alpha value is -2.65. The highest BCUT2D eigenvalue weighted by Gasteiger charge is 2.33. The van der Waals surface area contributed by atoms with Crippen molar-refractivity contribution in [2.45, 2.75) is 71.1 Å². The van der Waals surface area contributed by atoms with E-state index in [0.717, 1.165) is 25.9 Å². The maximum Gasteiger partial charge on any atom is 0.302 e. The molecule has 0 aromatic heterocycles. The van der Waals surface area contributed by atoms with Crippen LogP contribution in [0.3, 0.4) is 0 Å². The average Bonchev–Trinajstić information content (AvgIpc) is 3.08. The third kappa shape index (κ3) is 5.83. The third-order valence-electron chi connectivity index (χ3n) is 8.64. The number of hydrogen-bond donors (Lipinski definition) is 0. The van der Waals surface area contributed by atoms with E-state index in [9.17, 15) is 4.79 Å². The molecule has 3 nitrogen and oxygen atoms in total. The van der Waals surface area contributed by atoms with Gasteiger partial charge in [0.15, 0.2) is 0 Å². The molecule has 0 unspecified atom stereocenters. The van der Waals surface area contributed by atoms with E-state index in [1.165, 1.54) is 85.7 Å². The van der Waals surface area contributed by atoms with Crippen LogP contribution in [0.4, 0.5) is 0 Å². The van der Waals surface area contributed by atoms with Crippen molar-refractivity contribution >= 4 is 23.7 Å². The molecule has 2 aromatic rings. The van der Waals surface area contributed by atoms with E-state index < -0.39 is 0 Å². The van der Waals surface area contributed by atoms with Gasteiger partial charge in [0.05, 0.1) is 6.61 Å². The highest BCUT2D eigenvalue weighted by molar-refractivity contribution is 5.94. The first-order valence-electron chi connectivity index (χ1n) is 14.1. The number of unbranched alkanes of at least 4 members (excludes halogenated alkanes) is 1. The second-order valence-corrected chi connectivity index (χ2v) is 11.1. The summed E-state index contributed by atoms with van der Waals surface area (Å²) in [5.41, 5.74) is 8.72. The van der Waals surface area contributed by atoms with Gasteiger partial charge in [-0.25, -0.2) is 0 Å². The SMILES string of the molecule is CC(=O)OCC1(CCCCN2CCC(=C3c4ccccc4C=Cc4ccccc43)CC2)CCCCC1. The first-order valence-corrected chi connectivity index (χ1v) is 14.1. The zero-order chi connectivity index (χ0) is 24.8. The molecular weight excluding hydrogens is 442 g/mol. The summed E-state index contributed by atoms with van der Waals surface area (Å²) in [6.45, 7) is 5.64. The lowest BCUT2D eigenvalue weighted by molar-refractivity contribution is -0.145. The molecule has 190 valence electrons. The number of nitrogens with zero attached hydrogens (tertiary/aromatic N) is 1. The molecule has 36 heavy (non-hydrogen) atoms. The molecule has 3 heteroatoms. The average molecular weight is 484 g/mol. The van der Waals surface area contributed by atoms with Crippen molar-refractivity contribution in [1.82, 2.24) is 4.90 Å². The second-order valence-electron chi connectivity index (χ2n) is 11.1. The van der Waals surface area contributed by atoms with Gasteiger partial charge in [-0.15, -0.1) is 0 Å². The van der Waals surface area contributed by atoms with E-state index in [1.54, 1.807) is 12.5 Å². The fourth-order valence-corrected chi connectivity index (χ4v) is 6.60. The normalized spacial score (nSPS) is 19.4. The van der Waals surface area contributed by atoms with E-state index in [-0.39, 0.29) is 11.4 Å². The number of fused-ring (bicyclic) bond motifs is 2. The number of likely N-dealkylation sites (tertiary alicyclic amines) is 1. The highest BCUT2D eigenvalue weighted by atomic mass is 16.5. The smallest absolute Gasteiger partial charge is 0.302 e. The number of carbonyl (C=O) groups excluding carboxylic acids is 1. The molecule has 3 aliphatic rings. The first-order chi connectivity index (χ1) is 17.6. The lowest BCUT2D eigenvalue weighted by Crippen LogP contribution is -2.33. The topological polar surface area (TPSA) is 29.5 Å². The minimum atomic E-state index is -0.132. The molecule has 1 saturated heterocycles. The standard InChI is InChI=1S/C33H41NO2/c1-26(35)36-25-33(19-7-2-8-20-33)21-9-10-22-34-23-17-29(18-24-34)32-30-13-5-3-11-27(30)15-16-28-12-4-6-14-31(28)32/h3-6,11-16H,2,7-10,17-25H2,1H3. The van der Waals surface area contributed by atoms with Gasteiger partial charge in [0.2, 0.25) is 0 Å². The molecule has 1 heterocycles. The number of piperidine rings is 1. The van der Waals surface area contributed by atoms with Crippen LogP contribution in [-0.2, 0) is 9.53 Å². The quantitative estimate of drug-likeness (QED) is 0.254. The Bertz CT molecular complexity index is 1060. The van der Waals surface area contributed by atoms with E-state index in [1.807, 2.05) is 0 Å².